The molecule has 8 nitrogen and oxygen atoms in total. The zero-order chi connectivity index (χ0) is 28.2. The molecule has 1 fully saturated rings. The van der Waals surface area contributed by atoms with Gasteiger partial charge in [0.15, 0.2) is 9.84 Å². The molecule has 0 aromatic heterocycles. The Kier molecular flexibility index (Phi) is 8.44. The molecule has 39 heavy (non-hydrogen) atoms. The van der Waals surface area contributed by atoms with Gasteiger partial charge in [-0.25, -0.2) is 12.8 Å². The van der Waals surface area contributed by atoms with Crippen LogP contribution in [-0.4, -0.2) is 64.2 Å². The number of carbonyl (C=O) groups is 2. The van der Waals surface area contributed by atoms with Crippen LogP contribution < -0.4 is 15.0 Å². The molecule has 206 valence electrons. The number of anilines is 1. The number of sulfone groups is 1. The predicted molar refractivity (Wildman–Crippen MR) is 138 cm³/mol. The van der Waals surface area contributed by atoms with Crippen LogP contribution in [0.4, 0.5) is 18.9 Å². The normalized spacial score (nSPS) is 14.7. The zero-order valence-corrected chi connectivity index (χ0v) is 21.7. The lowest BCUT2D eigenvalue weighted by molar-refractivity contribution is -0.133. The second-order valence-electron chi connectivity index (χ2n) is 8.92. The minimum absolute atomic E-state index is 0.102. The highest BCUT2D eigenvalue weighted by Crippen LogP contribution is 2.28. The fourth-order valence-corrected chi connectivity index (χ4v) is 5.24. The second-order valence-corrected chi connectivity index (χ2v) is 10.9. The molecule has 3 aromatic carbocycles. The van der Waals surface area contributed by atoms with Crippen LogP contribution in [0.5, 0.6) is 5.75 Å². The number of hydrogen-bond acceptors (Lipinski definition) is 6. The Morgan fingerprint density at radius 3 is 2.15 bits per heavy atom. The Morgan fingerprint density at radius 2 is 1.56 bits per heavy atom. The number of rotatable bonds is 8. The fourth-order valence-electron chi connectivity index (χ4n) is 4.33. The van der Waals surface area contributed by atoms with Gasteiger partial charge in [0.1, 0.15) is 17.6 Å². The van der Waals surface area contributed by atoms with Gasteiger partial charge < -0.3 is 19.9 Å². The third-order valence-corrected chi connectivity index (χ3v) is 7.38. The number of nitrogens with zero attached hydrogens (tertiary/aromatic N) is 2. The van der Waals surface area contributed by atoms with Crippen molar-refractivity contribution >= 4 is 27.3 Å². The topological polar surface area (TPSA) is 96.0 Å². The lowest BCUT2D eigenvalue weighted by atomic mass is 10.0. The van der Waals surface area contributed by atoms with E-state index < -0.39 is 34.2 Å². The zero-order valence-electron chi connectivity index (χ0n) is 20.9. The third kappa shape index (κ3) is 6.88. The first-order valence-corrected chi connectivity index (χ1v) is 13.9. The van der Waals surface area contributed by atoms with E-state index in [0.717, 1.165) is 12.3 Å². The van der Waals surface area contributed by atoms with Crippen molar-refractivity contribution in [3.63, 3.8) is 0 Å². The molecule has 1 heterocycles. The Balaban J connectivity index is 1.50. The maximum absolute atomic E-state index is 13.8. The monoisotopic (exact) mass is 561 g/mol. The minimum atomic E-state index is -3.69. The van der Waals surface area contributed by atoms with Gasteiger partial charge in [-0.05, 0) is 48.0 Å². The highest BCUT2D eigenvalue weighted by molar-refractivity contribution is 7.90. The van der Waals surface area contributed by atoms with Crippen LogP contribution in [0.2, 0.25) is 0 Å². The van der Waals surface area contributed by atoms with E-state index in [1.165, 1.54) is 36.4 Å². The van der Waals surface area contributed by atoms with E-state index in [2.05, 4.69) is 10.1 Å². The molecule has 1 aliphatic rings. The lowest BCUT2D eigenvalue weighted by Crippen LogP contribution is -2.52. The number of nitrogens with one attached hydrogen (secondary N) is 1. The van der Waals surface area contributed by atoms with Crippen LogP contribution in [0.1, 0.15) is 22.0 Å². The van der Waals surface area contributed by atoms with E-state index >= 15 is 0 Å². The Morgan fingerprint density at radius 1 is 0.923 bits per heavy atom. The summed E-state index contributed by atoms with van der Waals surface area (Å²) in [5.74, 6) is -1.71. The molecular formula is C27H26F3N3O5S. The molecule has 0 spiro atoms. The van der Waals surface area contributed by atoms with Crippen molar-refractivity contribution in [2.75, 3.05) is 37.3 Å². The molecule has 1 atom stereocenters. The number of halogens is 3. The smallest absolute Gasteiger partial charge is 0.387 e. The first-order valence-electron chi connectivity index (χ1n) is 12.0. The van der Waals surface area contributed by atoms with Gasteiger partial charge in [0.05, 0.1) is 10.6 Å². The van der Waals surface area contributed by atoms with Gasteiger partial charge in [0.25, 0.3) is 5.91 Å². The molecule has 12 heteroatoms. The highest BCUT2D eigenvalue weighted by Gasteiger charge is 2.31. The van der Waals surface area contributed by atoms with Gasteiger partial charge in [-0.15, -0.1) is 0 Å². The largest absolute Gasteiger partial charge is 0.435 e. The number of alkyl halides is 2. The average molecular weight is 562 g/mol. The molecule has 4 rings (SSSR count). The van der Waals surface area contributed by atoms with Gasteiger partial charge in [0, 0.05) is 38.0 Å². The van der Waals surface area contributed by atoms with Crippen LogP contribution in [-0.2, 0) is 14.6 Å². The van der Waals surface area contributed by atoms with Crippen molar-refractivity contribution in [3.8, 4) is 5.75 Å². The van der Waals surface area contributed by atoms with Gasteiger partial charge in [-0.2, -0.15) is 8.78 Å². The number of hydrogen-bond donors (Lipinski definition) is 1. The molecule has 0 bridgehead atoms. The summed E-state index contributed by atoms with van der Waals surface area (Å²) in [5, 5.41) is 2.73. The molecule has 0 aliphatic carbocycles. The average Bonchev–Trinajstić information content (AvgIpc) is 2.91. The second kappa shape index (κ2) is 11.8. The first-order chi connectivity index (χ1) is 18.5. The van der Waals surface area contributed by atoms with Gasteiger partial charge in [-0.3, -0.25) is 9.59 Å². The van der Waals surface area contributed by atoms with Crippen LogP contribution in [0.25, 0.3) is 0 Å². The Bertz CT molecular complexity index is 1430. The van der Waals surface area contributed by atoms with E-state index in [0.29, 0.717) is 24.3 Å². The lowest BCUT2D eigenvalue weighted by Gasteiger charge is -2.38. The van der Waals surface area contributed by atoms with Crippen molar-refractivity contribution in [2.24, 2.45) is 0 Å². The van der Waals surface area contributed by atoms with Gasteiger partial charge in [0.2, 0.25) is 5.91 Å². The van der Waals surface area contributed by atoms with E-state index in [1.807, 2.05) is 0 Å². The van der Waals surface area contributed by atoms with Crippen molar-refractivity contribution in [1.82, 2.24) is 10.2 Å². The van der Waals surface area contributed by atoms with Crippen molar-refractivity contribution in [1.29, 1.82) is 0 Å². The summed E-state index contributed by atoms with van der Waals surface area (Å²) in [6, 6.07) is 16.3. The summed E-state index contributed by atoms with van der Waals surface area (Å²) in [6.45, 7) is -1.94. The molecule has 1 saturated heterocycles. The van der Waals surface area contributed by atoms with Crippen LogP contribution in [0, 0.1) is 5.82 Å². The van der Waals surface area contributed by atoms with Gasteiger partial charge in [-0.1, -0.05) is 30.3 Å². The third-order valence-electron chi connectivity index (χ3n) is 6.25. The number of benzene rings is 3. The predicted octanol–water partition coefficient (Wildman–Crippen LogP) is 3.65. The molecule has 0 radical (unpaired) electrons. The Hall–Kier alpha value is -4.06. The minimum Gasteiger partial charge on any atom is -0.435 e. The standard InChI is InChI=1S/C27H26F3N3O5S/c1-39(36,37)23-17-20(28)9-12-22(23)32-13-15-33(16-14-32)26(35)24(18-5-3-2-4-6-18)31-25(34)19-7-10-21(11-8-19)38-27(29)30/h2-12,17,24,27H,13-16H2,1H3,(H,31,34)/t24-/m1/s1. The molecule has 0 unspecified atom stereocenters. The highest BCUT2D eigenvalue weighted by atomic mass is 32.2. The van der Waals surface area contributed by atoms with Gasteiger partial charge >= 0.3 is 6.61 Å². The van der Waals surface area contributed by atoms with Crippen molar-refractivity contribution in [3.05, 3.63) is 89.7 Å². The molecule has 0 saturated carbocycles. The summed E-state index contributed by atoms with van der Waals surface area (Å²) in [4.78, 5) is 29.8. The summed E-state index contributed by atoms with van der Waals surface area (Å²) >= 11 is 0. The Labute approximate surface area is 223 Å². The van der Waals surface area contributed by atoms with Crippen molar-refractivity contribution in [2.45, 2.75) is 17.5 Å². The maximum atomic E-state index is 13.8. The summed E-state index contributed by atoms with van der Waals surface area (Å²) < 4.78 is 67.3. The van der Waals surface area contributed by atoms with Crippen LogP contribution >= 0.6 is 0 Å². The van der Waals surface area contributed by atoms with E-state index in [4.69, 9.17) is 0 Å². The summed E-state index contributed by atoms with van der Waals surface area (Å²) in [6.07, 6.45) is 1.01. The SMILES string of the molecule is CS(=O)(=O)c1cc(F)ccc1N1CCN(C(=O)[C@H](NC(=O)c2ccc(OC(F)F)cc2)c2ccccc2)CC1. The van der Waals surface area contributed by atoms with E-state index in [-0.39, 0.29) is 35.2 Å². The molecule has 1 aliphatic heterocycles. The van der Waals surface area contributed by atoms with Crippen LogP contribution in [0.15, 0.2) is 77.7 Å². The number of ether oxygens (including phenoxy) is 1. The van der Waals surface area contributed by atoms with Crippen LogP contribution in [0.3, 0.4) is 0 Å². The molecule has 1 N–H and O–H groups in total. The number of piperazine rings is 1. The van der Waals surface area contributed by atoms with E-state index in [9.17, 15) is 31.2 Å². The fraction of sp³-hybridized carbons (Fsp3) is 0.259. The maximum Gasteiger partial charge on any atom is 0.387 e. The number of amides is 2. The quantitative estimate of drug-likeness (QED) is 0.451. The summed E-state index contributed by atoms with van der Waals surface area (Å²) in [5.41, 5.74) is 1.06. The molecule has 2 amide bonds. The van der Waals surface area contributed by atoms with Crippen molar-refractivity contribution < 1.29 is 35.9 Å². The first kappa shape index (κ1) is 28.0. The molecular weight excluding hydrogens is 535 g/mol. The van der Waals surface area contributed by atoms with E-state index in [1.54, 1.807) is 40.1 Å². The molecule has 3 aromatic rings. The summed E-state index contributed by atoms with van der Waals surface area (Å²) in [7, 11) is -3.69. The number of carbonyl (C=O) groups excluding carboxylic acids is 2.